The number of hydrogen-bond donors (Lipinski definition) is 3. The summed E-state index contributed by atoms with van der Waals surface area (Å²) in [5, 5.41) is 0. The van der Waals surface area contributed by atoms with Gasteiger partial charge >= 0.3 is 0 Å². The van der Waals surface area contributed by atoms with Crippen LogP contribution < -0.4 is 14.3 Å². The summed E-state index contributed by atoms with van der Waals surface area (Å²) in [6.07, 6.45) is 3.51. The molecule has 1 aliphatic rings. The summed E-state index contributed by atoms with van der Waals surface area (Å²) in [6, 6.07) is 11.8. The number of fused-ring (bicyclic) bond motifs is 1. The van der Waals surface area contributed by atoms with E-state index in [-0.39, 0.29) is 24.6 Å². The van der Waals surface area contributed by atoms with E-state index >= 15 is 0 Å². The lowest BCUT2D eigenvalue weighted by Crippen LogP contribution is -2.31. The average molecular weight is 386 g/mol. The van der Waals surface area contributed by atoms with Gasteiger partial charge in [-0.05, 0) is 47.7 Å². The molecular formula is C17H21ClFN3O2S. The molecule has 136 valence electrons. The van der Waals surface area contributed by atoms with Crippen molar-refractivity contribution in [2.45, 2.75) is 6.92 Å². The molecule has 0 spiro atoms. The minimum atomic E-state index is -3.42. The molecule has 0 unspecified atom stereocenters. The van der Waals surface area contributed by atoms with Crippen LogP contribution >= 0.6 is 23.4 Å². The smallest absolute Gasteiger partial charge is 0.148 e. The van der Waals surface area contributed by atoms with Gasteiger partial charge in [0.15, 0.2) is 0 Å². The zero-order valence-corrected chi connectivity index (χ0v) is 15.3. The molecule has 0 fully saturated rings. The third-order valence-corrected chi connectivity index (χ3v) is 5.63. The Hall–Kier alpha value is -1.77. The fourth-order valence-electron chi connectivity index (χ4n) is 2.71. The molecule has 2 aromatic rings. The topological polar surface area (TPSA) is 73.0 Å². The minimum Gasteiger partial charge on any atom is -0.327 e. The zero-order chi connectivity index (χ0) is 17.3. The summed E-state index contributed by atoms with van der Waals surface area (Å²) < 4.78 is 38.9. The summed E-state index contributed by atoms with van der Waals surface area (Å²) in [7, 11) is -3.42. The highest BCUT2D eigenvalue weighted by molar-refractivity contribution is 8.27. The van der Waals surface area contributed by atoms with Crippen LogP contribution in [0.1, 0.15) is 5.56 Å². The van der Waals surface area contributed by atoms with Crippen LogP contribution in [-0.4, -0.2) is 22.2 Å². The van der Waals surface area contributed by atoms with Crippen molar-refractivity contribution in [1.82, 2.24) is 0 Å². The summed E-state index contributed by atoms with van der Waals surface area (Å²) in [6.45, 7) is 2.41. The molecule has 1 aliphatic heterocycles. The Bertz CT molecular complexity index is 788. The number of anilines is 3. The third kappa shape index (κ3) is 3.47. The van der Waals surface area contributed by atoms with Gasteiger partial charge in [-0.25, -0.2) is 13.0 Å². The second-order valence-electron chi connectivity index (χ2n) is 5.50. The van der Waals surface area contributed by atoms with Crippen LogP contribution in [0.4, 0.5) is 21.5 Å². The van der Waals surface area contributed by atoms with E-state index in [0.29, 0.717) is 17.9 Å². The van der Waals surface area contributed by atoms with Gasteiger partial charge < -0.3 is 5.73 Å². The maximum Gasteiger partial charge on any atom is 0.148 e. The predicted molar refractivity (Wildman–Crippen MR) is 105 cm³/mol. The summed E-state index contributed by atoms with van der Waals surface area (Å²) >= 11 is 0. The number of hydrogen-bond acceptors (Lipinski definition) is 5. The summed E-state index contributed by atoms with van der Waals surface area (Å²) in [5.74, 6) is -0.496. The molecule has 25 heavy (non-hydrogen) atoms. The van der Waals surface area contributed by atoms with Gasteiger partial charge in [0.25, 0.3) is 0 Å². The predicted octanol–water partition coefficient (Wildman–Crippen LogP) is 4.61. The molecular weight excluding hydrogens is 365 g/mol. The standard InChI is InChI=1S/C17H20FN3O2S.ClH/c1-13-8-9-15(14(18)12-13)21-17-7-3-2-6-16(17)20(24(21,22)23)11-5-4-10-19;/h2-9,12,22-23H,10-11,19H2,1H3;1H/b5-4-;. The molecule has 8 heteroatoms. The summed E-state index contributed by atoms with van der Waals surface area (Å²) in [5.41, 5.74) is 7.54. The second-order valence-corrected chi connectivity index (χ2v) is 7.28. The van der Waals surface area contributed by atoms with Crippen LogP contribution in [-0.2, 0) is 0 Å². The highest BCUT2D eigenvalue weighted by atomic mass is 35.5. The van der Waals surface area contributed by atoms with Crippen molar-refractivity contribution in [3.63, 3.8) is 0 Å². The van der Waals surface area contributed by atoms with E-state index in [4.69, 9.17) is 5.73 Å². The van der Waals surface area contributed by atoms with Crippen LogP contribution in [0.3, 0.4) is 0 Å². The molecule has 0 bridgehead atoms. The van der Waals surface area contributed by atoms with Gasteiger partial charge in [0.2, 0.25) is 0 Å². The number of nitrogens with zero attached hydrogens (tertiary/aromatic N) is 2. The highest BCUT2D eigenvalue weighted by Gasteiger charge is 2.41. The number of rotatable bonds is 4. The Labute approximate surface area is 154 Å². The van der Waals surface area contributed by atoms with Gasteiger partial charge in [0.05, 0.1) is 17.9 Å². The number of nitrogens with two attached hydrogens (primary N) is 1. The molecule has 0 amide bonds. The lowest BCUT2D eigenvalue weighted by Gasteiger charge is -2.43. The molecule has 0 saturated carbocycles. The van der Waals surface area contributed by atoms with E-state index in [0.717, 1.165) is 5.56 Å². The number of benzene rings is 2. The van der Waals surface area contributed by atoms with Crippen molar-refractivity contribution in [3.05, 3.63) is 66.0 Å². The monoisotopic (exact) mass is 385 g/mol. The largest absolute Gasteiger partial charge is 0.327 e. The van der Waals surface area contributed by atoms with Gasteiger partial charge in [-0.1, -0.05) is 30.4 Å². The Kier molecular flexibility index (Phi) is 5.97. The van der Waals surface area contributed by atoms with E-state index in [1.807, 2.05) is 6.07 Å². The molecule has 0 atom stereocenters. The van der Waals surface area contributed by atoms with Crippen molar-refractivity contribution in [1.29, 1.82) is 0 Å². The SMILES string of the molecule is Cc1ccc(N2c3ccccc3N(C/C=C\CN)S2(O)O)c(F)c1.Cl. The molecule has 0 aliphatic carbocycles. The molecule has 4 N–H and O–H groups in total. The van der Waals surface area contributed by atoms with Gasteiger partial charge in [-0.15, -0.1) is 12.4 Å². The van der Waals surface area contributed by atoms with Crippen molar-refractivity contribution in [3.8, 4) is 0 Å². The normalized spacial score (nSPS) is 16.7. The quantitative estimate of drug-likeness (QED) is 0.670. The minimum absolute atomic E-state index is 0. The van der Waals surface area contributed by atoms with Crippen LogP contribution in [0, 0.1) is 12.7 Å². The van der Waals surface area contributed by atoms with Gasteiger partial charge in [0.1, 0.15) is 11.5 Å². The molecule has 5 nitrogen and oxygen atoms in total. The number of halogens is 2. The highest BCUT2D eigenvalue weighted by Crippen LogP contribution is 2.64. The summed E-state index contributed by atoms with van der Waals surface area (Å²) in [4.78, 5) is 0. The van der Waals surface area contributed by atoms with E-state index in [1.54, 1.807) is 49.4 Å². The van der Waals surface area contributed by atoms with Gasteiger partial charge in [0, 0.05) is 6.54 Å². The molecule has 3 rings (SSSR count). The van der Waals surface area contributed by atoms with E-state index < -0.39 is 16.8 Å². The molecule has 0 radical (unpaired) electrons. The first kappa shape index (κ1) is 19.6. The molecule has 2 aromatic carbocycles. The lowest BCUT2D eigenvalue weighted by atomic mass is 10.2. The van der Waals surface area contributed by atoms with E-state index in [2.05, 4.69) is 0 Å². The van der Waals surface area contributed by atoms with Crippen molar-refractivity contribution < 1.29 is 13.5 Å². The Morgan fingerprint density at radius 1 is 1.08 bits per heavy atom. The average Bonchev–Trinajstić information content (AvgIpc) is 2.76. The van der Waals surface area contributed by atoms with Crippen LogP contribution in [0.5, 0.6) is 0 Å². The van der Waals surface area contributed by atoms with Gasteiger partial charge in [-0.2, -0.15) is 0 Å². The molecule has 0 aromatic heterocycles. The van der Waals surface area contributed by atoms with Crippen molar-refractivity contribution in [2.75, 3.05) is 21.7 Å². The van der Waals surface area contributed by atoms with Crippen LogP contribution in [0.15, 0.2) is 54.6 Å². The molecule has 0 saturated heterocycles. The first-order valence-electron chi connectivity index (χ1n) is 7.53. The zero-order valence-electron chi connectivity index (χ0n) is 13.7. The fraction of sp³-hybridized carbons (Fsp3) is 0.176. The Morgan fingerprint density at radius 2 is 1.76 bits per heavy atom. The first-order chi connectivity index (χ1) is 11.5. The Morgan fingerprint density at radius 3 is 2.40 bits per heavy atom. The molecule has 1 heterocycles. The Balaban J connectivity index is 0.00000225. The fourth-order valence-corrected chi connectivity index (χ4v) is 4.44. The maximum absolute atomic E-state index is 14.5. The van der Waals surface area contributed by atoms with Crippen LogP contribution in [0.2, 0.25) is 0 Å². The van der Waals surface area contributed by atoms with E-state index in [9.17, 15) is 13.5 Å². The lowest BCUT2D eigenvalue weighted by molar-refractivity contribution is 0.485. The number of para-hydroxylation sites is 2. The maximum atomic E-state index is 14.5. The van der Waals surface area contributed by atoms with Gasteiger partial charge in [-0.3, -0.25) is 9.11 Å². The van der Waals surface area contributed by atoms with Crippen LogP contribution in [0.25, 0.3) is 0 Å². The number of aryl methyl sites for hydroxylation is 1. The van der Waals surface area contributed by atoms with E-state index in [1.165, 1.54) is 14.7 Å². The third-order valence-electron chi connectivity index (χ3n) is 3.81. The first-order valence-corrected chi connectivity index (χ1v) is 8.99. The van der Waals surface area contributed by atoms with Crippen molar-refractivity contribution in [2.24, 2.45) is 5.73 Å². The van der Waals surface area contributed by atoms with Crippen molar-refractivity contribution >= 4 is 40.4 Å². The second kappa shape index (κ2) is 7.63.